The molecule has 0 bridgehead atoms. The van der Waals surface area contributed by atoms with Crippen LogP contribution in [0.1, 0.15) is 68.8 Å². The second-order valence-electron chi connectivity index (χ2n) is 5.64. The zero-order valence-corrected chi connectivity index (χ0v) is 14.8. The molecule has 0 heterocycles. The first-order valence-electron chi connectivity index (χ1n) is 8.61. The highest BCUT2D eigenvalue weighted by molar-refractivity contribution is 5.98. The highest BCUT2D eigenvalue weighted by atomic mass is 16.5. The van der Waals surface area contributed by atoms with E-state index in [1.54, 1.807) is 0 Å². The van der Waals surface area contributed by atoms with Crippen LogP contribution in [0.4, 0.5) is 0 Å². The highest BCUT2D eigenvalue weighted by Crippen LogP contribution is 2.29. The topological polar surface area (TPSA) is 55.4 Å². The predicted octanol–water partition coefficient (Wildman–Crippen LogP) is 3.88. The van der Waals surface area contributed by atoms with Crippen molar-refractivity contribution in [1.29, 1.82) is 0 Å². The highest BCUT2D eigenvalue weighted by Gasteiger charge is 2.42. The molecule has 0 aromatic heterocycles. The van der Waals surface area contributed by atoms with Gasteiger partial charge in [0.25, 0.3) is 5.91 Å². The molecule has 1 amide bonds. The molecule has 1 aromatic carbocycles. The van der Waals surface area contributed by atoms with Crippen molar-refractivity contribution >= 4 is 11.9 Å². The third kappa shape index (κ3) is 4.81. The Morgan fingerprint density at radius 3 is 2.13 bits per heavy atom. The molecule has 0 aliphatic heterocycles. The Labute approximate surface area is 139 Å². The van der Waals surface area contributed by atoms with Gasteiger partial charge in [-0.25, -0.2) is 4.79 Å². The van der Waals surface area contributed by atoms with Gasteiger partial charge in [-0.3, -0.25) is 4.79 Å². The quantitative estimate of drug-likeness (QED) is 0.857. The molecule has 1 fully saturated rings. The number of amides is 1. The average Bonchev–Trinajstić information content (AvgIpc) is 2.63. The molecule has 0 unspecified atom stereocenters. The first-order chi connectivity index (χ1) is 11.1. The summed E-state index contributed by atoms with van der Waals surface area (Å²) in [6.45, 7) is 6.07. The van der Waals surface area contributed by atoms with E-state index >= 15 is 0 Å². The monoisotopic (exact) mass is 319 g/mol. The van der Waals surface area contributed by atoms with Gasteiger partial charge in [0.15, 0.2) is 0 Å². The molecule has 0 radical (unpaired) electrons. The number of hydrogen-bond donors (Lipinski definition) is 1. The average molecular weight is 319 g/mol. The van der Waals surface area contributed by atoms with Gasteiger partial charge in [0.2, 0.25) is 0 Å². The fourth-order valence-electron chi connectivity index (χ4n) is 2.91. The van der Waals surface area contributed by atoms with E-state index < -0.39 is 5.54 Å². The van der Waals surface area contributed by atoms with Gasteiger partial charge in [-0.15, -0.1) is 0 Å². The summed E-state index contributed by atoms with van der Waals surface area (Å²) in [4.78, 5) is 24.5. The Bertz CT molecular complexity index is 502. The van der Waals surface area contributed by atoms with E-state index in [2.05, 4.69) is 12.2 Å². The van der Waals surface area contributed by atoms with Crippen molar-refractivity contribution in [2.75, 3.05) is 7.11 Å². The third-order valence-electron chi connectivity index (χ3n) is 4.26. The summed E-state index contributed by atoms with van der Waals surface area (Å²) in [7, 11) is 1.38. The summed E-state index contributed by atoms with van der Waals surface area (Å²) < 4.78 is 4.91. The fourth-order valence-corrected chi connectivity index (χ4v) is 2.91. The van der Waals surface area contributed by atoms with Crippen LogP contribution in [0.15, 0.2) is 24.3 Å². The van der Waals surface area contributed by atoms with Crippen molar-refractivity contribution < 1.29 is 14.3 Å². The Morgan fingerprint density at radius 2 is 1.65 bits per heavy atom. The third-order valence-corrected chi connectivity index (χ3v) is 4.26. The molecule has 1 saturated carbocycles. The molecule has 4 nitrogen and oxygen atoms in total. The maximum Gasteiger partial charge on any atom is 0.331 e. The van der Waals surface area contributed by atoms with Gasteiger partial charge >= 0.3 is 5.97 Å². The number of rotatable bonds is 4. The number of aryl methyl sites for hydroxylation is 1. The van der Waals surface area contributed by atoms with Gasteiger partial charge in [-0.05, 0) is 37.0 Å². The van der Waals surface area contributed by atoms with E-state index in [0.717, 1.165) is 25.7 Å². The Morgan fingerprint density at radius 1 is 1.09 bits per heavy atom. The minimum absolute atomic E-state index is 0.204. The molecule has 0 atom stereocenters. The van der Waals surface area contributed by atoms with Gasteiger partial charge in [0.1, 0.15) is 5.54 Å². The molecule has 0 saturated heterocycles. The van der Waals surface area contributed by atoms with E-state index in [1.165, 1.54) is 12.7 Å². The summed E-state index contributed by atoms with van der Waals surface area (Å²) in [6.07, 6.45) is 5.21. The molecule has 0 spiro atoms. The summed E-state index contributed by atoms with van der Waals surface area (Å²) in [5.74, 6) is -0.536. The summed E-state index contributed by atoms with van der Waals surface area (Å²) >= 11 is 0. The second kappa shape index (κ2) is 9.33. The van der Waals surface area contributed by atoms with Crippen LogP contribution in [0.5, 0.6) is 0 Å². The van der Waals surface area contributed by atoms with Gasteiger partial charge in [-0.1, -0.05) is 52.2 Å². The van der Waals surface area contributed by atoms with E-state index in [-0.39, 0.29) is 11.9 Å². The van der Waals surface area contributed by atoms with Crippen molar-refractivity contribution in [3.8, 4) is 0 Å². The normalized spacial score (nSPS) is 15.8. The predicted molar refractivity (Wildman–Crippen MR) is 92.5 cm³/mol. The van der Waals surface area contributed by atoms with Gasteiger partial charge < -0.3 is 10.1 Å². The number of ether oxygens (including phenoxy) is 1. The zero-order chi connectivity index (χ0) is 17.3. The van der Waals surface area contributed by atoms with Crippen LogP contribution in [0.2, 0.25) is 0 Å². The molecule has 1 aliphatic carbocycles. The van der Waals surface area contributed by atoms with Gasteiger partial charge in [-0.2, -0.15) is 0 Å². The van der Waals surface area contributed by atoms with Crippen LogP contribution in [0.25, 0.3) is 0 Å². The molecule has 1 N–H and O–H groups in total. The number of nitrogens with one attached hydrogen (secondary N) is 1. The molecule has 1 aromatic rings. The van der Waals surface area contributed by atoms with Gasteiger partial charge in [0, 0.05) is 5.56 Å². The second-order valence-corrected chi connectivity index (χ2v) is 5.64. The Kier molecular flexibility index (Phi) is 7.79. The van der Waals surface area contributed by atoms with Crippen molar-refractivity contribution in [3.05, 3.63) is 35.4 Å². The number of esters is 1. The zero-order valence-electron chi connectivity index (χ0n) is 14.8. The molecule has 23 heavy (non-hydrogen) atoms. The number of methoxy groups -OCH3 is 1. The van der Waals surface area contributed by atoms with Crippen molar-refractivity contribution in [2.45, 2.75) is 64.8 Å². The first kappa shape index (κ1) is 19.2. The molecule has 2 rings (SSSR count). The number of carbonyl (C=O) groups excluding carboxylic acids is 2. The SMILES string of the molecule is CC.CCc1ccc(C(=O)NC2(C(=O)OC)CCCCC2)cc1. The van der Waals surface area contributed by atoms with E-state index in [4.69, 9.17) is 4.74 Å². The summed E-state index contributed by atoms with van der Waals surface area (Å²) in [5.41, 5.74) is 0.918. The Hall–Kier alpha value is -1.84. The summed E-state index contributed by atoms with van der Waals surface area (Å²) in [6, 6.07) is 7.51. The molecular weight excluding hydrogens is 290 g/mol. The fraction of sp³-hybridized carbons (Fsp3) is 0.579. The molecule has 1 aliphatic rings. The lowest BCUT2D eigenvalue weighted by molar-refractivity contribution is -0.149. The smallest absolute Gasteiger partial charge is 0.331 e. The van der Waals surface area contributed by atoms with Gasteiger partial charge in [0.05, 0.1) is 7.11 Å². The lowest BCUT2D eigenvalue weighted by atomic mass is 9.81. The lowest BCUT2D eigenvalue weighted by Crippen LogP contribution is -2.56. The van der Waals surface area contributed by atoms with Crippen LogP contribution >= 0.6 is 0 Å². The number of hydrogen-bond acceptors (Lipinski definition) is 3. The summed E-state index contributed by atoms with van der Waals surface area (Å²) in [5, 5.41) is 2.92. The minimum Gasteiger partial charge on any atom is -0.467 e. The lowest BCUT2D eigenvalue weighted by Gasteiger charge is -2.35. The largest absolute Gasteiger partial charge is 0.467 e. The van der Waals surface area contributed by atoms with Crippen molar-refractivity contribution in [1.82, 2.24) is 5.32 Å². The van der Waals surface area contributed by atoms with Crippen LogP contribution < -0.4 is 5.32 Å². The Balaban J connectivity index is 0.00000127. The molecular formula is C19H29NO3. The molecule has 4 heteroatoms. The molecule has 128 valence electrons. The van der Waals surface area contributed by atoms with Crippen molar-refractivity contribution in [2.24, 2.45) is 0 Å². The van der Waals surface area contributed by atoms with E-state index in [9.17, 15) is 9.59 Å². The van der Waals surface area contributed by atoms with Crippen LogP contribution in [0.3, 0.4) is 0 Å². The van der Waals surface area contributed by atoms with Crippen molar-refractivity contribution in [3.63, 3.8) is 0 Å². The van der Waals surface area contributed by atoms with Crippen LogP contribution in [0, 0.1) is 0 Å². The number of carbonyl (C=O) groups is 2. The van der Waals surface area contributed by atoms with Crippen LogP contribution in [-0.2, 0) is 16.0 Å². The maximum absolute atomic E-state index is 12.4. The minimum atomic E-state index is -0.854. The maximum atomic E-state index is 12.4. The van der Waals surface area contributed by atoms with Crippen LogP contribution in [-0.4, -0.2) is 24.5 Å². The van der Waals surface area contributed by atoms with E-state index in [0.29, 0.717) is 18.4 Å². The number of benzene rings is 1. The first-order valence-corrected chi connectivity index (χ1v) is 8.61. The van der Waals surface area contributed by atoms with E-state index in [1.807, 2.05) is 38.1 Å². The standard InChI is InChI=1S/C17H23NO3.C2H6/c1-3-13-7-9-14(10-8-13)15(19)18-17(16(20)21-2)11-5-4-6-12-17;1-2/h7-10H,3-6,11-12H2,1-2H3,(H,18,19);1-2H3.